The Balaban J connectivity index is 2.18. The number of aromatic nitrogens is 1. The molecule has 0 saturated carbocycles. The lowest BCUT2D eigenvalue weighted by molar-refractivity contribution is 0.685. The van der Waals surface area contributed by atoms with Gasteiger partial charge in [-0.1, -0.05) is 37.8 Å². The lowest BCUT2D eigenvalue weighted by Crippen LogP contribution is -2.03. The van der Waals surface area contributed by atoms with Crippen LogP contribution in [0.3, 0.4) is 0 Å². The van der Waals surface area contributed by atoms with E-state index in [0.717, 1.165) is 33.7 Å². The van der Waals surface area contributed by atoms with Crippen molar-refractivity contribution < 1.29 is 0 Å². The number of benzene rings is 1. The molecule has 19 heavy (non-hydrogen) atoms. The van der Waals surface area contributed by atoms with Crippen LogP contribution in [0.25, 0.3) is 10.9 Å². The standard InChI is InChI=1S/C16H21ClN2/c1-3-4-5-6-9-19-16-13-8-7-10-18-15(13)12(2)11-14(16)17/h7-8,10-11,19H,3-6,9H2,1-2H3. The minimum absolute atomic E-state index is 0.786. The first-order valence-corrected chi connectivity index (χ1v) is 7.39. The molecule has 2 nitrogen and oxygen atoms in total. The molecule has 0 atom stereocenters. The third-order valence-electron chi connectivity index (χ3n) is 3.36. The molecule has 0 aliphatic heterocycles. The second-order valence-electron chi connectivity index (χ2n) is 4.94. The van der Waals surface area contributed by atoms with Gasteiger partial charge < -0.3 is 5.32 Å². The molecule has 0 unspecified atom stereocenters. The van der Waals surface area contributed by atoms with Crippen LogP contribution in [-0.2, 0) is 0 Å². The van der Waals surface area contributed by atoms with Crippen LogP contribution >= 0.6 is 11.6 Å². The van der Waals surface area contributed by atoms with Gasteiger partial charge in [0, 0.05) is 18.1 Å². The molecule has 1 N–H and O–H groups in total. The lowest BCUT2D eigenvalue weighted by Gasteiger charge is -2.13. The number of hydrogen-bond donors (Lipinski definition) is 1. The van der Waals surface area contributed by atoms with Crippen molar-refractivity contribution in [2.24, 2.45) is 0 Å². The Labute approximate surface area is 120 Å². The van der Waals surface area contributed by atoms with E-state index in [1.54, 1.807) is 0 Å². The number of pyridine rings is 1. The smallest absolute Gasteiger partial charge is 0.0752 e. The molecule has 0 aliphatic carbocycles. The third-order valence-corrected chi connectivity index (χ3v) is 3.66. The van der Waals surface area contributed by atoms with Crippen LogP contribution in [0.1, 0.15) is 38.2 Å². The first kappa shape index (κ1) is 14.1. The van der Waals surface area contributed by atoms with E-state index in [4.69, 9.17) is 11.6 Å². The van der Waals surface area contributed by atoms with Crippen LogP contribution < -0.4 is 5.32 Å². The summed E-state index contributed by atoms with van der Waals surface area (Å²) in [5.74, 6) is 0. The summed E-state index contributed by atoms with van der Waals surface area (Å²) >= 11 is 6.36. The molecule has 0 radical (unpaired) electrons. The Morgan fingerprint density at radius 2 is 2.11 bits per heavy atom. The zero-order valence-corrected chi connectivity index (χ0v) is 12.4. The maximum atomic E-state index is 6.36. The van der Waals surface area contributed by atoms with Crippen LogP contribution in [-0.4, -0.2) is 11.5 Å². The van der Waals surface area contributed by atoms with Gasteiger partial charge in [0.25, 0.3) is 0 Å². The number of anilines is 1. The Morgan fingerprint density at radius 1 is 1.26 bits per heavy atom. The van der Waals surface area contributed by atoms with Crippen LogP contribution in [0.5, 0.6) is 0 Å². The van der Waals surface area contributed by atoms with Gasteiger partial charge in [-0.2, -0.15) is 0 Å². The average molecular weight is 277 g/mol. The van der Waals surface area contributed by atoms with Gasteiger partial charge in [-0.05, 0) is 37.1 Å². The summed E-state index contributed by atoms with van der Waals surface area (Å²) in [6.07, 6.45) is 6.83. The summed E-state index contributed by atoms with van der Waals surface area (Å²) in [6, 6.07) is 6.03. The summed E-state index contributed by atoms with van der Waals surface area (Å²) in [5, 5.41) is 5.37. The second kappa shape index (κ2) is 6.76. The number of fused-ring (bicyclic) bond motifs is 1. The van der Waals surface area contributed by atoms with Gasteiger partial charge in [0.05, 0.1) is 16.2 Å². The van der Waals surface area contributed by atoms with Crippen LogP contribution in [0.15, 0.2) is 24.4 Å². The molecule has 2 rings (SSSR count). The highest BCUT2D eigenvalue weighted by atomic mass is 35.5. The van der Waals surface area contributed by atoms with Crippen molar-refractivity contribution in [3.05, 3.63) is 35.0 Å². The molecule has 0 aliphatic rings. The Morgan fingerprint density at radius 3 is 2.89 bits per heavy atom. The fraction of sp³-hybridized carbons (Fsp3) is 0.438. The van der Waals surface area contributed by atoms with Crippen molar-refractivity contribution in [1.29, 1.82) is 0 Å². The predicted octanol–water partition coefficient (Wildman–Crippen LogP) is 5.19. The minimum Gasteiger partial charge on any atom is -0.383 e. The molecule has 2 aromatic rings. The average Bonchev–Trinajstić information content (AvgIpc) is 2.42. The normalized spacial score (nSPS) is 10.9. The van der Waals surface area contributed by atoms with Gasteiger partial charge in [0.2, 0.25) is 0 Å². The zero-order chi connectivity index (χ0) is 13.7. The summed E-state index contributed by atoms with van der Waals surface area (Å²) in [6.45, 7) is 5.24. The highest BCUT2D eigenvalue weighted by Crippen LogP contribution is 2.32. The van der Waals surface area contributed by atoms with Crippen molar-refractivity contribution in [1.82, 2.24) is 4.98 Å². The SMILES string of the molecule is CCCCCCNc1c(Cl)cc(C)c2ncccc12. The van der Waals surface area contributed by atoms with Gasteiger partial charge in [0.1, 0.15) is 0 Å². The molecule has 0 spiro atoms. The summed E-state index contributed by atoms with van der Waals surface area (Å²) in [4.78, 5) is 4.44. The summed E-state index contributed by atoms with van der Waals surface area (Å²) in [5.41, 5.74) is 3.17. The first-order valence-electron chi connectivity index (χ1n) is 7.01. The molecule has 0 saturated heterocycles. The maximum Gasteiger partial charge on any atom is 0.0752 e. The quantitative estimate of drug-likeness (QED) is 0.735. The van der Waals surface area contributed by atoms with Crippen LogP contribution in [0.4, 0.5) is 5.69 Å². The van der Waals surface area contributed by atoms with E-state index in [0.29, 0.717) is 0 Å². The van der Waals surface area contributed by atoms with Crippen molar-refractivity contribution in [2.75, 3.05) is 11.9 Å². The fourth-order valence-electron chi connectivity index (χ4n) is 2.33. The Hall–Kier alpha value is -1.28. The Bertz CT molecular complexity index is 552. The predicted molar refractivity (Wildman–Crippen MR) is 84.1 cm³/mol. The van der Waals surface area contributed by atoms with Crippen LogP contribution in [0.2, 0.25) is 5.02 Å². The molecule has 3 heteroatoms. The Kier molecular flexibility index (Phi) is 5.03. The monoisotopic (exact) mass is 276 g/mol. The molecule has 102 valence electrons. The van der Waals surface area contributed by atoms with E-state index in [2.05, 4.69) is 23.3 Å². The van der Waals surface area contributed by atoms with E-state index in [9.17, 15) is 0 Å². The van der Waals surface area contributed by atoms with Gasteiger partial charge in [-0.3, -0.25) is 4.98 Å². The molecular weight excluding hydrogens is 256 g/mol. The van der Waals surface area contributed by atoms with E-state index < -0.39 is 0 Å². The van der Waals surface area contributed by atoms with Gasteiger partial charge in [-0.15, -0.1) is 0 Å². The van der Waals surface area contributed by atoms with Gasteiger partial charge in [-0.25, -0.2) is 0 Å². The third kappa shape index (κ3) is 3.38. The number of aryl methyl sites for hydroxylation is 1. The highest BCUT2D eigenvalue weighted by Gasteiger charge is 2.08. The highest BCUT2D eigenvalue weighted by molar-refractivity contribution is 6.35. The van der Waals surface area contributed by atoms with Gasteiger partial charge >= 0.3 is 0 Å². The zero-order valence-electron chi connectivity index (χ0n) is 11.7. The number of nitrogens with zero attached hydrogens (tertiary/aromatic N) is 1. The number of rotatable bonds is 6. The fourth-order valence-corrected chi connectivity index (χ4v) is 2.66. The molecule has 0 bridgehead atoms. The number of nitrogens with one attached hydrogen (secondary N) is 1. The van der Waals surface area contributed by atoms with Crippen molar-refractivity contribution in [3.8, 4) is 0 Å². The molecule has 0 fully saturated rings. The number of halogens is 1. The number of unbranched alkanes of at least 4 members (excludes halogenated alkanes) is 3. The molecule has 1 aromatic heterocycles. The summed E-state index contributed by atoms with van der Waals surface area (Å²) < 4.78 is 0. The lowest BCUT2D eigenvalue weighted by atomic mass is 10.1. The topological polar surface area (TPSA) is 24.9 Å². The second-order valence-corrected chi connectivity index (χ2v) is 5.34. The first-order chi connectivity index (χ1) is 9.24. The van der Waals surface area contributed by atoms with E-state index >= 15 is 0 Å². The van der Waals surface area contributed by atoms with E-state index in [1.165, 1.54) is 25.7 Å². The van der Waals surface area contributed by atoms with Crippen molar-refractivity contribution in [3.63, 3.8) is 0 Å². The van der Waals surface area contributed by atoms with E-state index in [-0.39, 0.29) is 0 Å². The molecule has 0 amide bonds. The molecule has 1 aromatic carbocycles. The molecule has 1 heterocycles. The van der Waals surface area contributed by atoms with Gasteiger partial charge in [0.15, 0.2) is 0 Å². The minimum atomic E-state index is 0.786. The van der Waals surface area contributed by atoms with Crippen molar-refractivity contribution >= 4 is 28.2 Å². The number of hydrogen-bond acceptors (Lipinski definition) is 2. The maximum absolute atomic E-state index is 6.36. The van der Waals surface area contributed by atoms with E-state index in [1.807, 2.05) is 25.3 Å². The van der Waals surface area contributed by atoms with Crippen LogP contribution in [0, 0.1) is 6.92 Å². The van der Waals surface area contributed by atoms with Crippen molar-refractivity contribution in [2.45, 2.75) is 39.5 Å². The largest absolute Gasteiger partial charge is 0.383 e. The summed E-state index contributed by atoms with van der Waals surface area (Å²) in [7, 11) is 0. The molecular formula is C16H21ClN2.